The van der Waals surface area contributed by atoms with Crippen LogP contribution in [0.1, 0.15) is 20.8 Å². The molecule has 0 spiro atoms. The molecule has 3 aromatic heterocycles. The molecule has 0 atom stereocenters. The summed E-state index contributed by atoms with van der Waals surface area (Å²) in [5.74, 6) is -1.90. The molecule has 9 heteroatoms. The molecule has 0 radical (unpaired) electrons. The maximum absolute atomic E-state index is 12.1. The van der Waals surface area contributed by atoms with Gasteiger partial charge in [-0.3, -0.25) is 19.6 Å². The van der Waals surface area contributed by atoms with Crippen molar-refractivity contribution in [2.24, 2.45) is 0 Å². The van der Waals surface area contributed by atoms with E-state index in [1.807, 2.05) is 58.7 Å². The van der Waals surface area contributed by atoms with Gasteiger partial charge in [-0.2, -0.15) is 5.10 Å². The van der Waals surface area contributed by atoms with Crippen LogP contribution in [-0.4, -0.2) is 34.2 Å². The number of aromatic nitrogens is 2. The number of thiophene rings is 2. The Morgan fingerprint density at radius 1 is 1.00 bits per heavy atom. The first-order valence-corrected chi connectivity index (χ1v) is 11.7. The van der Waals surface area contributed by atoms with Crippen molar-refractivity contribution in [3.63, 3.8) is 0 Å². The molecule has 0 aliphatic heterocycles. The predicted molar refractivity (Wildman–Crippen MR) is 128 cm³/mol. The Balaban J connectivity index is 1.39. The molecule has 33 heavy (non-hydrogen) atoms. The van der Waals surface area contributed by atoms with E-state index in [4.69, 9.17) is 4.74 Å². The van der Waals surface area contributed by atoms with Crippen LogP contribution in [-0.2, 0) is 20.9 Å². The van der Waals surface area contributed by atoms with E-state index in [1.165, 1.54) is 17.4 Å². The van der Waals surface area contributed by atoms with Crippen LogP contribution in [0.3, 0.4) is 0 Å². The van der Waals surface area contributed by atoms with Crippen LogP contribution in [0.2, 0.25) is 0 Å². The zero-order valence-electron chi connectivity index (χ0n) is 17.3. The molecule has 2 amide bonds. The minimum absolute atomic E-state index is 0.406. The van der Waals surface area contributed by atoms with Gasteiger partial charge >= 0.3 is 5.97 Å². The van der Waals surface area contributed by atoms with Crippen LogP contribution in [0.5, 0.6) is 0 Å². The Kier molecular flexibility index (Phi) is 7.23. The van der Waals surface area contributed by atoms with Crippen molar-refractivity contribution in [1.82, 2.24) is 15.1 Å². The van der Waals surface area contributed by atoms with Crippen molar-refractivity contribution in [3.8, 4) is 10.6 Å². The van der Waals surface area contributed by atoms with Crippen LogP contribution >= 0.6 is 22.7 Å². The maximum Gasteiger partial charge on any atom is 0.331 e. The predicted octanol–water partition coefficient (Wildman–Crippen LogP) is 4.23. The molecule has 0 fully saturated rings. The van der Waals surface area contributed by atoms with Crippen molar-refractivity contribution in [1.29, 1.82) is 0 Å². The Morgan fingerprint density at radius 3 is 2.52 bits per heavy atom. The number of rotatable bonds is 8. The number of nitrogens with one attached hydrogen (secondary N) is 1. The molecule has 0 unspecified atom stereocenters. The highest BCUT2D eigenvalue weighted by Gasteiger charge is 2.14. The SMILES string of the molecule is O=C(COC(=O)/C=C/c1cn(Cc2ccccc2)nc1-c1cccs1)NC(=O)c1cccs1. The molecule has 166 valence electrons. The quantitative estimate of drug-likeness (QED) is 0.303. The molecule has 0 bridgehead atoms. The molecule has 3 heterocycles. The highest BCUT2D eigenvalue weighted by molar-refractivity contribution is 7.13. The van der Waals surface area contributed by atoms with E-state index < -0.39 is 24.4 Å². The van der Waals surface area contributed by atoms with Crippen LogP contribution < -0.4 is 5.32 Å². The number of imide groups is 1. The highest BCUT2D eigenvalue weighted by atomic mass is 32.1. The number of ether oxygens (including phenoxy) is 1. The van der Waals surface area contributed by atoms with Crippen molar-refractivity contribution in [2.45, 2.75) is 6.54 Å². The van der Waals surface area contributed by atoms with Gasteiger partial charge in [0.05, 0.1) is 16.3 Å². The first-order valence-electron chi connectivity index (χ1n) is 9.96. The Labute approximate surface area is 198 Å². The van der Waals surface area contributed by atoms with Crippen LogP contribution in [0.25, 0.3) is 16.6 Å². The molecule has 0 aliphatic rings. The topological polar surface area (TPSA) is 90.3 Å². The highest BCUT2D eigenvalue weighted by Crippen LogP contribution is 2.27. The average Bonchev–Trinajstić information content (AvgIpc) is 3.59. The molecule has 1 N–H and O–H groups in total. The van der Waals surface area contributed by atoms with Gasteiger partial charge in [-0.25, -0.2) is 4.79 Å². The second-order valence-electron chi connectivity index (χ2n) is 6.89. The van der Waals surface area contributed by atoms with E-state index in [2.05, 4.69) is 10.4 Å². The van der Waals surface area contributed by atoms with Crippen molar-refractivity contribution < 1.29 is 19.1 Å². The third-order valence-electron chi connectivity index (χ3n) is 4.47. The third-order valence-corrected chi connectivity index (χ3v) is 6.22. The fourth-order valence-electron chi connectivity index (χ4n) is 2.99. The number of carbonyl (C=O) groups is 3. The summed E-state index contributed by atoms with van der Waals surface area (Å²) in [4.78, 5) is 37.3. The first kappa shape index (κ1) is 22.4. The number of amides is 2. The fourth-order valence-corrected chi connectivity index (χ4v) is 4.34. The normalized spacial score (nSPS) is 10.9. The zero-order chi connectivity index (χ0) is 23.0. The number of benzene rings is 1. The number of esters is 1. The molecular formula is C24H19N3O4S2. The number of carbonyl (C=O) groups excluding carboxylic acids is 3. The van der Waals surface area contributed by atoms with E-state index in [0.29, 0.717) is 11.4 Å². The molecule has 0 aliphatic carbocycles. The van der Waals surface area contributed by atoms with Gasteiger partial charge in [0.2, 0.25) is 0 Å². The van der Waals surface area contributed by atoms with Gasteiger partial charge in [0.25, 0.3) is 11.8 Å². The van der Waals surface area contributed by atoms with Gasteiger partial charge in [0.15, 0.2) is 6.61 Å². The van der Waals surface area contributed by atoms with Crippen LogP contribution in [0.15, 0.2) is 77.6 Å². The van der Waals surface area contributed by atoms with Crippen LogP contribution in [0.4, 0.5) is 0 Å². The van der Waals surface area contributed by atoms with Gasteiger partial charge in [-0.15, -0.1) is 22.7 Å². The van der Waals surface area contributed by atoms with Gasteiger partial charge < -0.3 is 4.74 Å². The van der Waals surface area contributed by atoms with Gasteiger partial charge in [0.1, 0.15) is 5.69 Å². The third kappa shape index (κ3) is 6.12. The molecule has 4 aromatic rings. The summed E-state index contributed by atoms with van der Waals surface area (Å²) in [6, 6.07) is 17.2. The Morgan fingerprint density at radius 2 is 1.79 bits per heavy atom. The van der Waals surface area contributed by atoms with Crippen molar-refractivity contribution in [2.75, 3.05) is 6.61 Å². The minimum atomic E-state index is -0.693. The molecular weight excluding hydrogens is 458 g/mol. The fraction of sp³-hybridized carbons (Fsp3) is 0.0833. The zero-order valence-corrected chi connectivity index (χ0v) is 19.0. The lowest BCUT2D eigenvalue weighted by atomic mass is 10.2. The van der Waals surface area contributed by atoms with Crippen LogP contribution in [0, 0.1) is 0 Å². The lowest BCUT2D eigenvalue weighted by molar-refractivity contribution is -0.143. The maximum atomic E-state index is 12.1. The Hall–Kier alpha value is -3.82. The largest absolute Gasteiger partial charge is 0.452 e. The summed E-state index contributed by atoms with van der Waals surface area (Å²) >= 11 is 2.77. The van der Waals surface area contributed by atoms with Gasteiger partial charge in [0, 0.05) is 17.8 Å². The average molecular weight is 478 g/mol. The summed E-state index contributed by atoms with van der Waals surface area (Å²) in [5.41, 5.74) is 2.61. The monoisotopic (exact) mass is 477 g/mol. The molecule has 0 saturated carbocycles. The molecule has 7 nitrogen and oxygen atoms in total. The van der Waals surface area contributed by atoms with Crippen molar-refractivity contribution >= 4 is 46.5 Å². The summed E-state index contributed by atoms with van der Waals surface area (Å²) in [5, 5.41) is 10.6. The summed E-state index contributed by atoms with van der Waals surface area (Å²) in [6.07, 6.45) is 4.72. The van der Waals surface area contributed by atoms with E-state index in [9.17, 15) is 14.4 Å². The molecule has 4 rings (SSSR count). The number of hydrogen-bond acceptors (Lipinski definition) is 7. The van der Waals surface area contributed by atoms with Crippen molar-refractivity contribution in [3.05, 3.63) is 93.6 Å². The van der Waals surface area contributed by atoms with E-state index in [-0.39, 0.29) is 0 Å². The standard InChI is InChI=1S/C24H19N3O4S2/c28-21(25-24(30)20-9-5-13-33-20)16-31-22(29)11-10-18-15-27(14-17-6-2-1-3-7-17)26-23(18)19-8-4-12-32-19/h1-13,15H,14,16H2,(H,25,28,30)/b11-10+. The summed E-state index contributed by atoms with van der Waals surface area (Å²) in [6.45, 7) is 0.0429. The minimum Gasteiger partial charge on any atom is -0.452 e. The molecule has 1 aromatic carbocycles. The second kappa shape index (κ2) is 10.7. The number of hydrogen-bond donors (Lipinski definition) is 1. The Bertz CT molecular complexity index is 1260. The lowest BCUT2D eigenvalue weighted by Crippen LogP contribution is -2.33. The number of nitrogens with zero attached hydrogens (tertiary/aromatic N) is 2. The van der Waals surface area contributed by atoms with Gasteiger partial charge in [-0.1, -0.05) is 42.5 Å². The summed E-state index contributed by atoms with van der Waals surface area (Å²) < 4.78 is 6.78. The van der Waals surface area contributed by atoms with E-state index in [1.54, 1.807) is 34.9 Å². The molecule has 0 saturated heterocycles. The smallest absolute Gasteiger partial charge is 0.331 e. The second-order valence-corrected chi connectivity index (χ2v) is 8.78. The summed E-state index contributed by atoms with van der Waals surface area (Å²) in [7, 11) is 0. The lowest BCUT2D eigenvalue weighted by Gasteiger charge is -2.03. The van der Waals surface area contributed by atoms with E-state index in [0.717, 1.165) is 21.7 Å². The van der Waals surface area contributed by atoms with Gasteiger partial charge in [-0.05, 0) is 34.5 Å². The van der Waals surface area contributed by atoms with E-state index >= 15 is 0 Å². The first-order chi connectivity index (χ1) is 16.1.